The average Bonchev–Trinajstić information content (AvgIpc) is 3.23. The van der Waals surface area contributed by atoms with Gasteiger partial charge >= 0.3 is 0 Å². The van der Waals surface area contributed by atoms with Gasteiger partial charge in [0, 0.05) is 18.7 Å². The number of rotatable bonds is 8. The van der Waals surface area contributed by atoms with E-state index in [1.165, 1.54) is 5.56 Å². The molecule has 0 saturated carbocycles. The summed E-state index contributed by atoms with van der Waals surface area (Å²) in [5.41, 5.74) is 10.1. The molecule has 4 rings (SSSR count). The van der Waals surface area contributed by atoms with Crippen LogP contribution in [0.3, 0.4) is 0 Å². The van der Waals surface area contributed by atoms with Crippen molar-refractivity contribution in [1.29, 1.82) is 0 Å². The molecule has 1 aliphatic rings. The molecule has 2 N–H and O–H groups in total. The van der Waals surface area contributed by atoms with Crippen molar-refractivity contribution in [1.82, 2.24) is 4.90 Å². The fourth-order valence-electron chi connectivity index (χ4n) is 4.59. The monoisotopic (exact) mass is 414 g/mol. The van der Waals surface area contributed by atoms with Crippen LogP contribution < -0.4 is 10.5 Å². The molecule has 1 heterocycles. The Balaban J connectivity index is 1.44. The molecule has 1 atom stereocenters. The summed E-state index contributed by atoms with van der Waals surface area (Å²) in [5, 5.41) is 0. The molecular formula is C27H30N2O2. The van der Waals surface area contributed by atoms with E-state index < -0.39 is 5.41 Å². The molecule has 3 aromatic carbocycles. The van der Waals surface area contributed by atoms with E-state index in [2.05, 4.69) is 59.5 Å². The van der Waals surface area contributed by atoms with Gasteiger partial charge in [-0.1, -0.05) is 72.8 Å². The van der Waals surface area contributed by atoms with Gasteiger partial charge in [-0.3, -0.25) is 4.79 Å². The van der Waals surface area contributed by atoms with E-state index in [0.29, 0.717) is 6.42 Å². The summed E-state index contributed by atoms with van der Waals surface area (Å²) < 4.78 is 5.49. The number of methoxy groups -OCH3 is 1. The van der Waals surface area contributed by atoms with Crippen LogP contribution in [0.4, 0.5) is 0 Å². The third kappa shape index (κ3) is 4.80. The van der Waals surface area contributed by atoms with Crippen molar-refractivity contribution in [3.8, 4) is 16.9 Å². The summed E-state index contributed by atoms with van der Waals surface area (Å²) in [6.07, 6.45) is 2.48. The van der Waals surface area contributed by atoms with Crippen molar-refractivity contribution in [2.75, 3.05) is 26.7 Å². The maximum absolute atomic E-state index is 12.5. The second-order valence-corrected chi connectivity index (χ2v) is 8.48. The van der Waals surface area contributed by atoms with Crippen molar-refractivity contribution in [2.24, 2.45) is 11.1 Å². The predicted molar refractivity (Wildman–Crippen MR) is 125 cm³/mol. The Kier molecular flexibility index (Phi) is 6.38. The average molecular weight is 415 g/mol. The van der Waals surface area contributed by atoms with E-state index in [1.54, 1.807) is 7.11 Å². The van der Waals surface area contributed by atoms with Gasteiger partial charge in [0.05, 0.1) is 12.5 Å². The Morgan fingerprint density at radius 1 is 0.968 bits per heavy atom. The lowest BCUT2D eigenvalue weighted by molar-refractivity contribution is -0.127. The van der Waals surface area contributed by atoms with Crippen molar-refractivity contribution in [3.63, 3.8) is 0 Å². The second kappa shape index (κ2) is 9.36. The molecule has 0 unspecified atom stereocenters. The van der Waals surface area contributed by atoms with E-state index in [4.69, 9.17) is 10.5 Å². The van der Waals surface area contributed by atoms with Gasteiger partial charge in [0.2, 0.25) is 5.91 Å². The van der Waals surface area contributed by atoms with Crippen LogP contribution in [-0.4, -0.2) is 37.6 Å². The first kappa shape index (κ1) is 21.1. The van der Waals surface area contributed by atoms with Crippen LogP contribution in [0.2, 0.25) is 0 Å². The lowest BCUT2D eigenvalue weighted by atomic mass is 9.80. The molecular weight excluding hydrogens is 384 g/mol. The smallest absolute Gasteiger partial charge is 0.225 e. The molecule has 0 bridgehead atoms. The Morgan fingerprint density at radius 2 is 1.68 bits per heavy atom. The minimum Gasteiger partial charge on any atom is -0.496 e. The molecule has 160 valence electrons. The zero-order valence-corrected chi connectivity index (χ0v) is 18.1. The molecule has 0 spiro atoms. The Bertz CT molecular complexity index is 1020. The lowest BCUT2D eigenvalue weighted by Crippen LogP contribution is -2.41. The summed E-state index contributed by atoms with van der Waals surface area (Å²) in [5.74, 6) is 0.664. The van der Waals surface area contributed by atoms with Crippen molar-refractivity contribution in [2.45, 2.75) is 19.3 Å². The number of nitrogens with two attached hydrogens (primary N) is 1. The van der Waals surface area contributed by atoms with Gasteiger partial charge in [0.25, 0.3) is 0 Å². The third-order valence-electron chi connectivity index (χ3n) is 6.43. The molecule has 0 aromatic heterocycles. The van der Waals surface area contributed by atoms with Gasteiger partial charge in [0.15, 0.2) is 0 Å². The van der Waals surface area contributed by atoms with Crippen LogP contribution in [0.25, 0.3) is 11.1 Å². The van der Waals surface area contributed by atoms with Gasteiger partial charge < -0.3 is 15.4 Å². The van der Waals surface area contributed by atoms with Crippen molar-refractivity contribution in [3.05, 3.63) is 90.0 Å². The fraction of sp³-hybridized carbons (Fsp3) is 0.296. The highest BCUT2D eigenvalue weighted by Gasteiger charge is 2.43. The van der Waals surface area contributed by atoms with Crippen LogP contribution in [0.15, 0.2) is 78.9 Å². The van der Waals surface area contributed by atoms with Crippen molar-refractivity contribution < 1.29 is 9.53 Å². The van der Waals surface area contributed by atoms with Crippen molar-refractivity contribution >= 4 is 5.91 Å². The molecule has 0 aliphatic carbocycles. The van der Waals surface area contributed by atoms with Gasteiger partial charge in [-0.2, -0.15) is 0 Å². The number of primary amides is 1. The van der Waals surface area contributed by atoms with Crippen LogP contribution in [-0.2, 0) is 17.6 Å². The van der Waals surface area contributed by atoms with Gasteiger partial charge in [-0.05, 0) is 48.6 Å². The number of carbonyl (C=O) groups is 1. The van der Waals surface area contributed by atoms with E-state index in [1.807, 2.05) is 24.3 Å². The molecule has 4 heteroatoms. The largest absolute Gasteiger partial charge is 0.496 e. The van der Waals surface area contributed by atoms with Crippen LogP contribution in [0, 0.1) is 5.41 Å². The molecule has 1 aliphatic heterocycles. The normalized spacial score (nSPS) is 18.7. The maximum Gasteiger partial charge on any atom is 0.225 e. The Morgan fingerprint density at radius 3 is 2.39 bits per heavy atom. The standard InChI is InChI=1S/C27H30N2O2/c1-31-25-10-6-5-9-24(25)23-13-11-22(12-14-23)19-27(26(28)30)16-18-29(20-27)17-15-21-7-3-2-4-8-21/h2-14H,15-20H2,1H3,(H2,28,30)/t27-/m1/s1. The highest BCUT2D eigenvalue weighted by Crippen LogP contribution is 2.35. The van der Waals surface area contributed by atoms with Gasteiger partial charge in [-0.25, -0.2) is 0 Å². The molecule has 1 amide bonds. The van der Waals surface area contributed by atoms with Crippen LogP contribution in [0.5, 0.6) is 5.75 Å². The maximum atomic E-state index is 12.5. The number of nitrogens with zero attached hydrogens (tertiary/aromatic N) is 1. The summed E-state index contributed by atoms with van der Waals surface area (Å²) in [7, 11) is 1.69. The zero-order valence-electron chi connectivity index (χ0n) is 18.1. The van der Waals surface area contributed by atoms with Gasteiger partial charge in [0.1, 0.15) is 5.75 Å². The van der Waals surface area contributed by atoms with E-state index in [9.17, 15) is 4.79 Å². The number of hydrogen-bond donors (Lipinski definition) is 1. The number of carbonyl (C=O) groups excluding carboxylic acids is 1. The summed E-state index contributed by atoms with van der Waals surface area (Å²) in [4.78, 5) is 14.9. The first-order valence-electron chi connectivity index (χ1n) is 10.9. The fourth-order valence-corrected chi connectivity index (χ4v) is 4.59. The topological polar surface area (TPSA) is 55.6 Å². The number of hydrogen-bond acceptors (Lipinski definition) is 3. The molecule has 0 radical (unpaired) electrons. The molecule has 4 nitrogen and oxygen atoms in total. The highest BCUT2D eigenvalue weighted by atomic mass is 16.5. The van der Waals surface area contributed by atoms with Crippen LogP contribution >= 0.6 is 0 Å². The minimum atomic E-state index is -0.497. The minimum absolute atomic E-state index is 0.191. The lowest BCUT2D eigenvalue weighted by Gasteiger charge is -2.26. The number of ether oxygens (including phenoxy) is 1. The predicted octanol–water partition coefficient (Wildman–Crippen LogP) is 4.32. The number of para-hydroxylation sites is 1. The SMILES string of the molecule is COc1ccccc1-c1ccc(C[C@]2(C(N)=O)CCN(CCc3ccccc3)C2)cc1. The Hall–Kier alpha value is -3.11. The van der Waals surface area contributed by atoms with Gasteiger partial charge in [-0.15, -0.1) is 0 Å². The highest BCUT2D eigenvalue weighted by molar-refractivity contribution is 5.82. The molecule has 3 aromatic rings. The number of likely N-dealkylation sites (tertiary alicyclic amines) is 1. The first-order chi connectivity index (χ1) is 15.1. The van der Waals surface area contributed by atoms with E-state index >= 15 is 0 Å². The van der Waals surface area contributed by atoms with E-state index in [0.717, 1.165) is 54.9 Å². The molecule has 1 saturated heterocycles. The summed E-state index contributed by atoms with van der Waals surface area (Å²) >= 11 is 0. The quantitative estimate of drug-likeness (QED) is 0.597. The third-order valence-corrected chi connectivity index (χ3v) is 6.43. The number of benzene rings is 3. The summed E-state index contributed by atoms with van der Waals surface area (Å²) in [6, 6.07) is 26.9. The number of amides is 1. The van der Waals surface area contributed by atoms with E-state index in [-0.39, 0.29) is 5.91 Å². The molecule has 31 heavy (non-hydrogen) atoms. The summed E-state index contributed by atoms with van der Waals surface area (Å²) in [6.45, 7) is 2.59. The van der Waals surface area contributed by atoms with Crippen LogP contribution in [0.1, 0.15) is 17.5 Å². The zero-order chi connectivity index (χ0) is 21.7. The molecule has 1 fully saturated rings. The first-order valence-corrected chi connectivity index (χ1v) is 10.9. The second-order valence-electron chi connectivity index (χ2n) is 8.48. The Labute approximate surface area is 184 Å².